The second kappa shape index (κ2) is 6.08. The molecule has 0 aliphatic heterocycles. The highest BCUT2D eigenvalue weighted by molar-refractivity contribution is 7.71. The normalized spacial score (nSPS) is 18.7. The van der Waals surface area contributed by atoms with Crippen molar-refractivity contribution in [2.24, 2.45) is 5.73 Å². The molecular formula is C17H21N3OS. The SMILES string of the molecule is CCC(C(N)=O)n1ccn(C2CCc3ccccc3C2)c1=S. The molecule has 5 heteroatoms. The standard InChI is InChI=1S/C17H21N3OS/c1-2-15(16(18)21)20-10-9-19(17(20)22)14-8-7-12-5-3-4-6-13(12)11-14/h3-6,9-10,14-15H,2,7-8,11H2,1H3,(H2,18,21). The van der Waals surface area contributed by atoms with Crippen molar-refractivity contribution in [1.82, 2.24) is 9.13 Å². The monoisotopic (exact) mass is 315 g/mol. The minimum Gasteiger partial charge on any atom is -0.368 e. The van der Waals surface area contributed by atoms with Gasteiger partial charge in [0.05, 0.1) is 0 Å². The average Bonchev–Trinajstić information content (AvgIpc) is 2.89. The highest BCUT2D eigenvalue weighted by Crippen LogP contribution is 2.29. The van der Waals surface area contributed by atoms with Crippen LogP contribution in [0.3, 0.4) is 0 Å². The number of hydrogen-bond donors (Lipinski definition) is 1. The van der Waals surface area contributed by atoms with E-state index in [1.54, 1.807) is 0 Å². The molecule has 0 fully saturated rings. The Kier molecular flexibility index (Phi) is 4.16. The van der Waals surface area contributed by atoms with E-state index in [9.17, 15) is 4.79 Å². The predicted octanol–water partition coefficient (Wildman–Crippen LogP) is 3.19. The van der Waals surface area contributed by atoms with Crippen LogP contribution >= 0.6 is 12.2 Å². The van der Waals surface area contributed by atoms with E-state index >= 15 is 0 Å². The van der Waals surface area contributed by atoms with Crippen LogP contribution in [0.25, 0.3) is 0 Å². The lowest BCUT2D eigenvalue weighted by atomic mass is 9.88. The van der Waals surface area contributed by atoms with E-state index in [-0.39, 0.29) is 11.9 Å². The fraction of sp³-hybridized carbons (Fsp3) is 0.412. The molecule has 0 radical (unpaired) electrons. The summed E-state index contributed by atoms with van der Waals surface area (Å²) >= 11 is 5.58. The molecule has 2 N–H and O–H groups in total. The summed E-state index contributed by atoms with van der Waals surface area (Å²) in [5.74, 6) is -0.328. The van der Waals surface area contributed by atoms with E-state index < -0.39 is 0 Å². The molecule has 1 aliphatic rings. The molecule has 1 amide bonds. The molecule has 0 saturated heterocycles. The molecule has 1 heterocycles. The fourth-order valence-corrected chi connectivity index (χ4v) is 3.77. The number of fused-ring (bicyclic) bond motifs is 1. The first-order valence-electron chi connectivity index (χ1n) is 7.77. The van der Waals surface area contributed by atoms with E-state index in [1.165, 1.54) is 11.1 Å². The third-order valence-electron chi connectivity index (χ3n) is 4.59. The van der Waals surface area contributed by atoms with E-state index in [0.29, 0.717) is 17.2 Å². The van der Waals surface area contributed by atoms with Gasteiger partial charge in [-0.15, -0.1) is 0 Å². The van der Waals surface area contributed by atoms with Crippen LogP contribution in [-0.4, -0.2) is 15.0 Å². The van der Waals surface area contributed by atoms with Gasteiger partial charge in [0.15, 0.2) is 4.77 Å². The van der Waals surface area contributed by atoms with Crippen LogP contribution < -0.4 is 5.73 Å². The summed E-state index contributed by atoms with van der Waals surface area (Å²) in [7, 11) is 0. The van der Waals surface area contributed by atoms with E-state index in [0.717, 1.165) is 19.3 Å². The van der Waals surface area contributed by atoms with Gasteiger partial charge in [-0.2, -0.15) is 0 Å². The zero-order valence-electron chi connectivity index (χ0n) is 12.7. The highest BCUT2D eigenvalue weighted by Gasteiger charge is 2.23. The van der Waals surface area contributed by atoms with E-state index in [1.807, 2.05) is 23.9 Å². The third-order valence-corrected chi connectivity index (χ3v) is 5.02. The predicted molar refractivity (Wildman–Crippen MR) is 89.3 cm³/mol. The number of hydrogen-bond acceptors (Lipinski definition) is 2. The topological polar surface area (TPSA) is 53.0 Å². The smallest absolute Gasteiger partial charge is 0.240 e. The molecule has 0 spiro atoms. The molecule has 0 saturated carbocycles. The molecule has 2 aromatic rings. The van der Waals surface area contributed by atoms with Crippen LogP contribution in [0.4, 0.5) is 0 Å². The van der Waals surface area contributed by atoms with Crippen LogP contribution in [0, 0.1) is 4.77 Å². The van der Waals surface area contributed by atoms with Gasteiger partial charge in [0.25, 0.3) is 0 Å². The number of primary amides is 1. The Balaban J connectivity index is 1.90. The average molecular weight is 315 g/mol. The first kappa shape index (κ1) is 15.0. The van der Waals surface area contributed by atoms with Gasteiger partial charge in [-0.1, -0.05) is 31.2 Å². The number of rotatable bonds is 4. The van der Waals surface area contributed by atoms with E-state index in [4.69, 9.17) is 18.0 Å². The molecule has 3 rings (SSSR count). The zero-order valence-corrected chi connectivity index (χ0v) is 13.6. The lowest BCUT2D eigenvalue weighted by molar-refractivity contribution is -0.121. The lowest BCUT2D eigenvalue weighted by Crippen LogP contribution is -2.26. The first-order chi connectivity index (χ1) is 10.6. The van der Waals surface area contributed by atoms with Crippen molar-refractivity contribution in [3.8, 4) is 0 Å². The number of carbonyl (C=O) groups excluding carboxylic acids is 1. The molecule has 1 aromatic carbocycles. The summed E-state index contributed by atoms with van der Waals surface area (Å²) in [5.41, 5.74) is 8.32. The van der Waals surface area contributed by atoms with Crippen LogP contribution in [0.2, 0.25) is 0 Å². The molecule has 4 nitrogen and oxygen atoms in total. The Morgan fingerprint density at radius 2 is 2.09 bits per heavy atom. The Bertz CT molecular complexity index is 746. The minimum atomic E-state index is -0.357. The van der Waals surface area contributed by atoms with Crippen LogP contribution in [0.15, 0.2) is 36.7 Å². The molecule has 22 heavy (non-hydrogen) atoms. The number of carbonyl (C=O) groups is 1. The van der Waals surface area contributed by atoms with E-state index in [2.05, 4.69) is 28.8 Å². The van der Waals surface area contributed by atoms with Gasteiger partial charge in [-0.25, -0.2) is 0 Å². The molecule has 2 unspecified atom stereocenters. The zero-order chi connectivity index (χ0) is 15.7. The summed E-state index contributed by atoms with van der Waals surface area (Å²) in [6.07, 6.45) is 7.67. The summed E-state index contributed by atoms with van der Waals surface area (Å²) in [5, 5.41) is 0. The van der Waals surface area contributed by atoms with Gasteiger partial charge >= 0.3 is 0 Å². The largest absolute Gasteiger partial charge is 0.368 e. The molecule has 116 valence electrons. The van der Waals surface area contributed by atoms with Crippen LogP contribution in [0.5, 0.6) is 0 Å². The number of benzene rings is 1. The minimum absolute atomic E-state index is 0.328. The van der Waals surface area contributed by atoms with Crippen molar-refractivity contribution < 1.29 is 4.79 Å². The highest BCUT2D eigenvalue weighted by atomic mass is 32.1. The molecule has 2 atom stereocenters. The Morgan fingerprint density at radius 3 is 2.77 bits per heavy atom. The fourth-order valence-electron chi connectivity index (χ4n) is 3.37. The Morgan fingerprint density at radius 1 is 1.36 bits per heavy atom. The van der Waals surface area contributed by atoms with Gasteiger partial charge < -0.3 is 14.9 Å². The van der Waals surface area contributed by atoms with Crippen molar-refractivity contribution in [2.75, 3.05) is 0 Å². The molecule has 0 bridgehead atoms. The first-order valence-corrected chi connectivity index (χ1v) is 8.17. The quantitative estimate of drug-likeness (QED) is 0.881. The summed E-state index contributed by atoms with van der Waals surface area (Å²) in [6.45, 7) is 1.95. The molecular weight excluding hydrogens is 294 g/mol. The van der Waals surface area contributed by atoms with Crippen molar-refractivity contribution in [2.45, 2.75) is 44.7 Å². The van der Waals surface area contributed by atoms with Gasteiger partial charge in [-0.3, -0.25) is 4.79 Å². The van der Waals surface area contributed by atoms with Gasteiger partial charge in [-0.05, 0) is 49.0 Å². The second-order valence-electron chi connectivity index (χ2n) is 5.89. The van der Waals surface area contributed by atoms with Crippen LogP contribution in [0.1, 0.15) is 43.0 Å². The lowest BCUT2D eigenvalue weighted by Gasteiger charge is -2.26. The number of nitrogens with two attached hydrogens (primary N) is 1. The van der Waals surface area contributed by atoms with Crippen molar-refractivity contribution >= 4 is 18.1 Å². The Hall–Kier alpha value is -1.88. The number of imidazole rings is 1. The maximum atomic E-state index is 11.6. The van der Waals surface area contributed by atoms with Gasteiger partial charge in [0, 0.05) is 18.4 Å². The second-order valence-corrected chi connectivity index (χ2v) is 6.25. The summed E-state index contributed by atoms with van der Waals surface area (Å²) in [6, 6.07) is 8.58. The third kappa shape index (κ3) is 2.61. The van der Waals surface area contributed by atoms with Gasteiger partial charge in [0.1, 0.15) is 6.04 Å². The maximum absolute atomic E-state index is 11.6. The summed E-state index contributed by atoms with van der Waals surface area (Å²) in [4.78, 5) is 11.6. The van der Waals surface area contributed by atoms with Crippen molar-refractivity contribution in [3.05, 3.63) is 52.6 Å². The van der Waals surface area contributed by atoms with Crippen LogP contribution in [-0.2, 0) is 17.6 Å². The number of amides is 1. The number of aromatic nitrogens is 2. The van der Waals surface area contributed by atoms with Gasteiger partial charge in [0.2, 0.25) is 5.91 Å². The number of nitrogens with zero attached hydrogens (tertiary/aromatic N) is 2. The maximum Gasteiger partial charge on any atom is 0.240 e. The summed E-state index contributed by atoms with van der Waals surface area (Å²) < 4.78 is 4.64. The molecule has 1 aliphatic carbocycles. The van der Waals surface area contributed by atoms with Crippen molar-refractivity contribution in [1.29, 1.82) is 0 Å². The number of aryl methyl sites for hydroxylation is 1. The molecule has 1 aromatic heterocycles. The Labute approximate surface area is 135 Å². The van der Waals surface area contributed by atoms with Crippen molar-refractivity contribution in [3.63, 3.8) is 0 Å².